The quantitative estimate of drug-likeness (QED) is 0.432. The molecule has 8 nitrogen and oxygen atoms in total. The number of nitro groups is 1. The summed E-state index contributed by atoms with van der Waals surface area (Å²) in [6.45, 7) is 1.53. The van der Waals surface area contributed by atoms with Crippen LogP contribution >= 0.6 is 15.9 Å². The molecule has 10 heteroatoms. The molecule has 0 aromatic heterocycles. The second-order valence-corrected chi connectivity index (χ2v) is 7.52. The largest absolute Gasteiger partial charge is 0.496 e. The standard InChI is InChI=1S/C15H14BrN3O5S/c1-10-3-5-13(8-14(10)19(20)21)25(22,23)18-17-9-11-7-12(16)4-6-15(11)24-2/h3-9,18H,1-2H3/b17-9+. The van der Waals surface area contributed by atoms with Crippen molar-refractivity contribution in [1.29, 1.82) is 0 Å². The lowest BCUT2D eigenvalue weighted by atomic mass is 10.2. The maximum absolute atomic E-state index is 12.2. The zero-order valence-corrected chi connectivity index (χ0v) is 15.7. The number of ether oxygens (including phenoxy) is 1. The van der Waals surface area contributed by atoms with E-state index >= 15 is 0 Å². The van der Waals surface area contributed by atoms with Crippen LogP contribution in [0.25, 0.3) is 0 Å². The van der Waals surface area contributed by atoms with E-state index in [0.717, 1.165) is 10.5 Å². The van der Waals surface area contributed by atoms with Crippen LogP contribution < -0.4 is 9.57 Å². The Kier molecular flexibility index (Phi) is 5.75. The number of rotatable bonds is 6. The SMILES string of the molecule is COc1ccc(Br)cc1/C=N/NS(=O)(=O)c1ccc(C)c([N+](=O)[O-])c1. The van der Waals surface area contributed by atoms with Gasteiger partial charge in [0.25, 0.3) is 15.7 Å². The van der Waals surface area contributed by atoms with Gasteiger partial charge in [0.2, 0.25) is 0 Å². The highest BCUT2D eigenvalue weighted by atomic mass is 79.9. The van der Waals surface area contributed by atoms with Crippen LogP contribution in [0.2, 0.25) is 0 Å². The molecule has 0 atom stereocenters. The van der Waals surface area contributed by atoms with Gasteiger partial charge in [-0.1, -0.05) is 22.0 Å². The van der Waals surface area contributed by atoms with Crippen molar-refractivity contribution in [2.45, 2.75) is 11.8 Å². The predicted molar refractivity (Wildman–Crippen MR) is 96.4 cm³/mol. The van der Waals surface area contributed by atoms with Gasteiger partial charge >= 0.3 is 0 Å². The normalized spacial score (nSPS) is 11.5. The van der Waals surface area contributed by atoms with E-state index in [1.165, 1.54) is 32.4 Å². The third-order valence-electron chi connectivity index (χ3n) is 3.26. The van der Waals surface area contributed by atoms with Crippen LogP contribution in [-0.2, 0) is 10.0 Å². The molecular weight excluding hydrogens is 414 g/mol. The molecule has 2 aromatic rings. The number of benzene rings is 2. The highest BCUT2D eigenvalue weighted by Gasteiger charge is 2.19. The number of hydrazone groups is 1. The molecule has 0 aliphatic carbocycles. The molecule has 0 aliphatic heterocycles. The third-order valence-corrected chi connectivity index (χ3v) is 4.97. The average Bonchev–Trinajstić information content (AvgIpc) is 2.55. The Labute approximate surface area is 152 Å². The second kappa shape index (κ2) is 7.62. The third kappa shape index (κ3) is 4.54. The van der Waals surface area contributed by atoms with E-state index in [4.69, 9.17) is 4.74 Å². The van der Waals surface area contributed by atoms with Crippen molar-refractivity contribution in [3.8, 4) is 5.75 Å². The van der Waals surface area contributed by atoms with Crippen LogP contribution in [0.15, 0.2) is 50.9 Å². The molecule has 0 fully saturated rings. The van der Waals surface area contributed by atoms with Gasteiger partial charge in [-0.25, -0.2) is 4.83 Å². The predicted octanol–water partition coefficient (Wildman–Crippen LogP) is 2.99. The molecule has 0 bridgehead atoms. The highest BCUT2D eigenvalue weighted by Crippen LogP contribution is 2.23. The number of halogens is 1. The molecular formula is C15H14BrN3O5S. The molecule has 2 aromatic carbocycles. The number of nitrogens with zero attached hydrogens (tertiary/aromatic N) is 2. The summed E-state index contributed by atoms with van der Waals surface area (Å²) in [5, 5.41) is 14.6. The van der Waals surface area contributed by atoms with Gasteiger partial charge < -0.3 is 4.74 Å². The van der Waals surface area contributed by atoms with Crippen LogP contribution in [0.3, 0.4) is 0 Å². The van der Waals surface area contributed by atoms with Gasteiger partial charge in [-0.05, 0) is 31.2 Å². The number of nitrogens with one attached hydrogen (secondary N) is 1. The lowest BCUT2D eigenvalue weighted by Gasteiger charge is -2.06. The van der Waals surface area contributed by atoms with Crippen LogP contribution in [0, 0.1) is 17.0 Å². The monoisotopic (exact) mass is 427 g/mol. The Hall–Kier alpha value is -2.46. The summed E-state index contributed by atoms with van der Waals surface area (Å²) in [6.07, 6.45) is 1.28. The Morgan fingerprint density at radius 1 is 1.28 bits per heavy atom. The number of sulfonamides is 1. The van der Waals surface area contributed by atoms with Crippen LogP contribution in [0.1, 0.15) is 11.1 Å². The number of hydrogen-bond donors (Lipinski definition) is 1. The molecule has 0 unspecified atom stereocenters. The molecule has 0 saturated carbocycles. The van der Waals surface area contributed by atoms with Gasteiger partial charge in [0.15, 0.2) is 0 Å². The molecule has 0 heterocycles. The van der Waals surface area contributed by atoms with Crippen molar-refractivity contribution in [1.82, 2.24) is 4.83 Å². The smallest absolute Gasteiger partial charge is 0.276 e. The van der Waals surface area contributed by atoms with Gasteiger partial charge in [0, 0.05) is 21.7 Å². The van der Waals surface area contributed by atoms with E-state index in [2.05, 4.69) is 21.0 Å². The minimum absolute atomic E-state index is 0.247. The van der Waals surface area contributed by atoms with Gasteiger partial charge in [0.1, 0.15) is 5.75 Å². The number of nitro benzene ring substituents is 1. The number of hydrogen-bond acceptors (Lipinski definition) is 6. The van der Waals surface area contributed by atoms with Gasteiger partial charge in [-0.2, -0.15) is 13.5 Å². The minimum Gasteiger partial charge on any atom is -0.496 e. The lowest BCUT2D eigenvalue weighted by molar-refractivity contribution is -0.385. The van der Waals surface area contributed by atoms with E-state index in [9.17, 15) is 18.5 Å². The van der Waals surface area contributed by atoms with E-state index in [1.54, 1.807) is 18.2 Å². The zero-order valence-electron chi connectivity index (χ0n) is 13.3. The Morgan fingerprint density at radius 2 is 2.00 bits per heavy atom. The maximum atomic E-state index is 12.2. The Morgan fingerprint density at radius 3 is 2.64 bits per heavy atom. The van der Waals surface area contributed by atoms with Crippen molar-refractivity contribution >= 4 is 37.9 Å². The molecule has 25 heavy (non-hydrogen) atoms. The summed E-state index contributed by atoms with van der Waals surface area (Å²) in [4.78, 5) is 12.1. The Balaban J connectivity index is 2.27. The first-order chi connectivity index (χ1) is 11.7. The molecule has 0 saturated heterocycles. The van der Waals surface area contributed by atoms with Crippen molar-refractivity contribution < 1.29 is 18.1 Å². The van der Waals surface area contributed by atoms with Crippen molar-refractivity contribution in [3.63, 3.8) is 0 Å². The number of methoxy groups -OCH3 is 1. The lowest BCUT2D eigenvalue weighted by Crippen LogP contribution is -2.18. The summed E-state index contributed by atoms with van der Waals surface area (Å²) in [6, 6.07) is 8.81. The summed E-state index contributed by atoms with van der Waals surface area (Å²) in [5.74, 6) is 0.511. The van der Waals surface area contributed by atoms with E-state index in [0.29, 0.717) is 16.9 Å². The molecule has 1 N–H and O–H groups in total. The second-order valence-electron chi connectivity index (χ2n) is 4.94. The van der Waals surface area contributed by atoms with Crippen molar-refractivity contribution in [2.24, 2.45) is 5.10 Å². The van der Waals surface area contributed by atoms with Crippen molar-refractivity contribution in [3.05, 3.63) is 62.1 Å². The molecule has 0 amide bonds. The highest BCUT2D eigenvalue weighted by molar-refractivity contribution is 9.10. The van der Waals surface area contributed by atoms with Gasteiger partial charge in [-0.15, -0.1) is 0 Å². The molecule has 0 radical (unpaired) electrons. The van der Waals surface area contributed by atoms with Crippen LogP contribution in [0.5, 0.6) is 5.75 Å². The molecule has 132 valence electrons. The number of aryl methyl sites for hydroxylation is 1. The fraction of sp³-hybridized carbons (Fsp3) is 0.133. The average molecular weight is 428 g/mol. The summed E-state index contributed by atoms with van der Waals surface area (Å²) < 4.78 is 30.4. The van der Waals surface area contributed by atoms with Crippen LogP contribution in [0.4, 0.5) is 5.69 Å². The van der Waals surface area contributed by atoms with E-state index in [1.807, 2.05) is 4.83 Å². The first kappa shape index (κ1) is 18.9. The first-order valence-corrected chi connectivity index (χ1v) is 9.15. The summed E-state index contributed by atoms with van der Waals surface area (Å²) in [7, 11) is -2.56. The van der Waals surface area contributed by atoms with Crippen LogP contribution in [-0.4, -0.2) is 26.7 Å². The van der Waals surface area contributed by atoms with Gasteiger partial charge in [0.05, 0.1) is 23.1 Å². The fourth-order valence-electron chi connectivity index (χ4n) is 1.98. The summed E-state index contributed by atoms with van der Waals surface area (Å²) >= 11 is 3.30. The molecule has 0 aliphatic rings. The molecule has 0 spiro atoms. The first-order valence-electron chi connectivity index (χ1n) is 6.88. The van der Waals surface area contributed by atoms with Crippen molar-refractivity contribution in [2.75, 3.05) is 7.11 Å². The van der Waals surface area contributed by atoms with Gasteiger partial charge in [-0.3, -0.25) is 10.1 Å². The topological polar surface area (TPSA) is 111 Å². The molecule has 2 rings (SSSR count). The zero-order chi connectivity index (χ0) is 18.6. The maximum Gasteiger partial charge on any atom is 0.276 e. The fourth-order valence-corrected chi connectivity index (χ4v) is 3.17. The Bertz CT molecular complexity index is 944. The minimum atomic E-state index is -4.04. The summed E-state index contributed by atoms with van der Waals surface area (Å²) in [5.41, 5.74) is 0.640. The van der Waals surface area contributed by atoms with E-state index < -0.39 is 14.9 Å². The van der Waals surface area contributed by atoms with E-state index in [-0.39, 0.29) is 10.6 Å².